The number of alkyl halides is 3. The molecule has 3 aromatic rings. The van der Waals surface area contributed by atoms with Gasteiger partial charge in [-0.2, -0.15) is 4.98 Å². The molecule has 4 rings (SSSR count). The summed E-state index contributed by atoms with van der Waals surface area (Å²) >= 11 is 0. The van der Waals surface area contributed by atoms with Gasteiger partial charge in [-0.05, 0) is 43.4 Å². The van der Waals surface area contributed by atoms with Crippen LogP contribution in [-0.4, -0.2) is 15.7 Å². The highest BCUT2D eigenvalue weighted by atomic mass is 19.3. The largest absolute Gasteiger partial charge is 0.352 e. The molecule has 1 heterocycles. The predicted molar refractivity (Wildman–Crippen MR) is 98.4 cm³/mol. The first kappa shape index (κ1) is 17.8. The Morgan fingerprint density at radius 3 is 2.56 bits per heavy atom. The molecule has 0 spiro atoms. The zero-order chi connectivity index (χ0) is 19.3. The van der Waals surface area contributed by atoms with Gasteiger partial charge in [-0.3, -0.25) is 4.57 Å². The minimum absolute atomic E-state index is 0.151. The first-order valence-electron chi connectivity index (χ1n) is 8.90. The van der Waals surface area contributed by atoms with Crippen molar-refractivity contribution in [2.24, 2.45) is 5.92 Å². The molecule has 1 aromatic heterocycles. The number of aryl methyl sites for hydroxylation is 1. The average Bonchev–Trinajstić information content (AvgIpc) is 3.30. The smallest absolute Gasteiger partial charge is 0.260 e. The lowest BCUT2D eigenvalue weighted by Crippen LogP contribution is -2.25. The van der Waals surface area contributed by atoms with Crippen molar-refractivity contribution in [3.8, 4) is 5.69 Å². The SMILES string of the molecule is Cc1ccccc1-n1c(=O)nc(C[C@@H]2C[C@@H]2F)c2ccc(C(C)(F)F)cc21. The van der Waals surface area contributed by atoms with E-state index in [-0.39, 0.29) is 11.5 Å². The Kier molecular flexibility index (Phi) is 4.09. The summed E-state index contributed by atoms with van der Waals surface area (Å²) < 4.78 is 42.6. The second-order valence-corrected chi connectivity index (χ2v) is 7.30. The Bertz CT molecular complexity index is 1080. The lowest BCUT2D eigenvalue weighted by Gasteiger charge is -2.17. The molecule has 3 nitrogen and oxygen atoms in total. The molecule has 1 fully saturated rings. The molecule has 0 saturated heterocycles. The number of para-hydroxylation sites is 1. The second kappa shape index (κ2) is 6.22. The summed E-state index contributed by atoms with van der Waals surface area (Å²) in [4.78, 5) is 17.0. The fourth-order valence-corrected chi connectivity index (χ4v) is 3.44. The Morgan fingerprint density at radius 2 is 1.93 bits per heavy atom. The van der Waals surface area contributed by atoms with Crippen LogP contribution in [0.15, 0.2) is 47.3 Å². The molecule has 0 radical (unpaired) electrons. The zero-order valence-corrected chi connectivity index (χ0v) is 15.0. The van der Waals surface area contributed by atoms with E-state index in [0.29, 0.717) is 35.1 Å². The van der Waals surface area contributed by atoms with Gasteiger partial charge in [0.1, 0.15) is 6.17 Å². The molecule has 2 atom stereocenters. The molecule has 0 bridgehead atoms. The quantitative estimate of drug-likeness (QED) is 0.665. The van der Waals surface area contributed by atoms with Crippen LogP contribution in [0.25, 0.3) is 16.6 Å². The summed E-state index contributed by atoms with van der Waals surface area (Å²) in [7, 11) is 0. The average molecular weight is 372 g/mol. The Hall–Kier alpha value is -2.63. The normalized spacial score (nSPS) is 19.4. The predicted octanol–water partition coefficient (Wildman–Crippen LogP) is 4.71. The minimum Gasteiger partial charge on any atom is -0.260 e. The van der Waals surface area contributed by atoms with Crippen molar-refractivity contribution in [3.63, 3.8) is 0 Å². The molecular formula is C21H19F3N2O. The monoisotopic (exact) mass is 372 g/mol. The number of fused-ring (bicyclic) bond motifs is 1. The van der Waals surface area contributed by atoms with Gasteiger partial charge in [-0.15, -0.1) is 0 Å². The van der Waals surface area contributed by atoms with E-state index in [0.717, 1.165) is 12.5 Å². The van der Waals surface area contributed by atoms with Crippen molar-refractivity contribution in [1.29, 1.82) is 0 Å². The highest BCUT2D eigenvalue weighted by molar-refractivity contribution is 5.84. The van der Waals surface area contributed by atoms with Gasteiger partial charge in [0.05, 0.1) is 16.9 Å². The lowest BCUT2D eigenvalue weighted by atomic mass is 10.0. The maximum atomic E-state index is 13.9. The van der Waals surface area contributed by atoms with Crippen molar-refractivity contribution in [2.75, 3.05) is 0 Å². The third-order valence-electron chi connectivity index (χ3n) is 5.13. The molecule has 1 saturated carbocycles. The van der Waals surface area contributed by atoms with Crippen LogP contribution in [0.1, 0.15) is 30.2 Å². The van der Waals surface area contributed by atoms with E-state index in [1.807, 2.05) is 19.1 Å². The fourth-order valence-electron chi connectivity index (χ4n) is 3.44. The van der Waals surface area contributed by atoms with E-state index in [1.54, 1.807) is 18.2 Å². The number of hydrogen-bond donors (Lipinski definition) is 0. The highest BCUT2D eigenvalue weighted by Gasteiger charge is 2.38. The van der Waals surface area contributed by atoms with E-state index >= 15 is 0 Å². The molecule has 2 aromatic carbocycles. The topological polar surface area (TPSA) is 34.9 Å². The Balaban J connectivity index is 2.01. The van der Waals surface area contributed by atoms with Gasteiger partial charge < -0.3 is 0 Å². The highest BCUT2D eigenvalue weighted by Crippen LogP contribution is 2.38. The van der Waals surface area contributed by atoms with Crippen molar-refractivity contribution in [2.45, 2.75) is 38.8 Å². The molecule has 0 aliphatic heterocycles. The zero-order valence-electron chi connectivity index (χ0n) is 15.0. The lowest BCUT2D eigenvalue weighted by molar-refractivity contribution is 0.0176. The molecule has 0 amide bonds. The molecule has 6 heteroatoms. The van der Waals surface area contributed by atoms with Crippen LogP contribution in [0.3, 0.4) is 0 Å². The van der Waals surface area contributed by atoms with Crippen LogP contribution >= 0.6 is 0 Å². The molecule has 27 heavy (non-hydrogen) atoms. The third-order valence-corrected chi connectivity index (χ3v) is 5.13. The van der Waals surface area contributed by atoms with Gasteiger partial charge in [-0.1, -0.05) is 30.3 Å². The summed E-state index contributed by atoms with van der Waals surface area (Å²) in [5.74, 6) is -3.19. The third kappa shape index (κ3) is 3.24. The van der Waals surface area contributed by atoms with Crippen molar-refractivity contribution in [1.82, 2.24) is 9.55 Å². The molecule has 0 unspecified atom stereocenters. The maximum Gasteiger partial charge on any atom is 0.352 e. The van der Waals surface area contributed by atoms with E-state index in [4.69, 9.17) is 0 Å². The van der Waals surface area contributed by atoms with Gasteiger partial charge in [0.25, 0.3) is 5.92 Å². The summed E-state index contributed by atoms with van der Waals surface area (Å²) in [6.45, 7) is 2.67. The van der Waals surface area contributed by atoms with Crippen LogP contribution in [-0.2, 0) is 12.3 Å². The van der Waals surface area contributed by atoms with Crippen LogP contribution < -0.4 is 5.69 Å². The first-order chi connectivity index (χ1) is 12.8. The number of aromatic nitrogens is 2. The van der Waals surface area contributed by atoms with Gasteiger partial charge in [0.2, 0.25) is 0 Å². The van der Waals surface area contributed by atoms with Crippen LogP contribution in [0.2, 0.25) is 0 Å². The number of nitrogens with zero attached hydrogens (tertiary/aromatic N) is 2. The number of rotatable bonds is 4. The summed E-state index contributed by atoms with van der Waals surface area (Å²) in [5, 5.41) is 0.602. The Morgan fingerprint density at radius 1 is 1.22 bits per heavy atom. The molecule has 1 aliphatic carbocycles. The van der Waals surface area contributed by atoms with Crippen molar-refractivity contribution in [3.05, 3.63) is 69.8 Å². The standard InChI is InChI=1S/C21H19F3N2O/c1-12-5-3-4-6-18(12)26-19-11-14(21(2,23)24)7-8-15(19)17(25-20(26)27)10-13-9-16(13)22/h3-8,11,13,16H,9-10H2,1-2H3/t13-,16-/m0/s1. The van der Waals surface area contributed by atoms with E-state index in [1.165, 1.54) is 16.7 Å². The fraction of sp³-hybridized carbons (Fsp3) is 0.333. The van der Waals surface area contributed by atoms with Crippen molar-refractivity contribution >= 4 is 10.9 Å². The maximum absolute atomic E-state index is 13.9. The van der Waals surface area contributed by atoms with Gasteiger partial charge in [0.15, 0.2) is 0 Å². The summed E-state index contributed by atoms with van der Waals surface area (Å²) in [6, 6.07) is 11.5. The first-order valence-corrected chi connectivity index (χ1v) is 8.90. The van der Waals surface area contributed by atoms with Crippen LogP contribution in [0.4, 0.5) is 13.2 Å². The number of hydrogen-bond acceptors (Lipinski definition) is 2. The summed E-state index contributed by atoms with van der Waals surface area (Å²) in [5.41, 5.74) is 1.54. The number of benzene rings is 2. The molecule has 0 N–H and O–H groups in total. The second-order valence-electron chi connectivity index (χ2n) is 7.30. The summed E-state index contributed by atoms with van der Waals surface area (Å²) in [6.07, 6.45) is -0.0849. The molecular weight excluding hydrogens is 353 g/mol. The van der Waals surface area contributed by atoms with Gasteiger partial charge in [-0.25, -0.2) is 18.0 Å². The molecule has 1 aliphatic rings. The molecule has 140 valence electrons. The van der Waals surface area contributed by atoms with E-state index < -0.39 is 17.8 Å². The number of halogens is 3. The van der Waals surface area contributed by atoms with Crippen LogP contribution in [0, 0.1) is 12.8 Å². The minimum atomic E-state index is -3.04. The van der Waals surface area contributed by atoms with Gasteiger partial charge in [0, 0.05) is 17.9 Å². The van der Waals surface area contributed by atoms with Crippen molar-refractivity contribution < 1.29 is 13.2 Å². The van der Waals surface area contributed by atoms with E-state index in [2.05, 4.69) is 4.98 Å². The van der Waals surface area contributed by atoms with Crippen LogP contribution in [0.5, 0.6) is 0 Å². The Labute approximate surface area is 154 Å². The van der Waals surface area contributed by atoms with E-state index in [9.17, 15) is 18.0 Å². The van der Waals surface area contributed by atoms with Gasteiger partial charge >= 0.3 is 5.69 Å².